The predicted molar refractivity (Wildman–Crippen MR) is 242 cm³/mol. The number of rotatable bonds is 11. The van der Waals surface area contributed by atoms with Gasteiger partial charge >= 0.3 is 24.3 Å². The Kier molecular flexibility index (Phi) is 16.9. The average molecular weight is 937 g/mol. The molecule has 18 nitrogen and oxygen atoms in total. The Hall–Kier alpha value is -6.80. The Morgan fingerprint density at radius 2 is 1.45 bits per heavy atom. The number of aromatic amines is 1. The number of tetrazole rings is 1. The van der Waals surface area contributed by atoms with Crippen LogP contribution >= 0.6 is 0 Å². The third kappa shape index (κ3) is 15.9. The number of carboxylic acid groups (broad SMARTS) is 1. The minimum atomic E-state index is -5.08. The molecule has 2 aromatic heterocycles. The highest BCUT2D eigenvalue weighted by molar-refractivity contribution is 5.97. The zero-order valence-electron chi connectivity index (χ0n) is 38.7. The van der Waals surface area contributed by atoms with Crippen molar-refractivity contribution in [3.63, 3.8) is 0 Å². The molecule has 6 rings (SSSR count). The van der Waals surface area contributed by atoms with Gasteiger partial charge in [0.2, 0.25) is 17.6 Å². The lowest BCUT2D eigenvalue weighted by Crippen LogP contribution is -2.50. The number of alkyl carbamates (subject to hydrolysis) is 1. The largest absolute Gasteiger partial charge is 0.490 e. The van der Waals surface area contributed by atoms with Gasteiger partial charge in [-0.25, -0.2) is 19.4 Å². The molecule has 1 saturated carbocycles. The maximum atomic E-state index is 13.9. The predicted octanol–water partition coefficient (Wildman–Crippen LogP) is 6.92. The van der Waals surface area contributed by atoms with E-state index in [4.69, 9.17) is 24.4 Å². The van der Waals surface area contributed by atoms with Gasteiger partial charge in [0, 0.05) is 68.1 Å². The van der Waals surface area contributed by atoms with Crippen molar-refractivity contribution in [2.24, 2.45) is 11.8 Å². The van der Waals surface area contributed by atoms with E-state index in [1.807, 2.05) is 72.0 Å². The van der Waals surface area contributed by atoms with Crippen LogP contribution in [0.15, 0.2) is 60.8 Å². The molecular weight excluding hydrogens is 878 g/mol. The molecule has 0 spiro atoms. The summed E-state index contributed by atoms with van der Waals surface area (Å²) in [5.74, 6) is -1.96. The minimum absolute atomic E-state index is 0.161. The fourth-order valence-electron chi connectivity index (χ4n) is 7.40. The number of hydrogen-bond acceptors (Lipinski definition) is 12. The van der Waals surface area contributed by atoms with E-state index in [-0.39, 0.29) is 36.2 Å². The van der Waals surface area contributed by atoms with E-state index in [0.29, 0.717) is 57.1 Å². The molecule has 3 heterocycles. The van der Waals surface area contributed by atoms with E-state index in [2.05, 4.69) is 54.5 Å². The third-order valence-corrected chi connectivity index (χ3v) is 10.8. The number of carboxylic acids is 1. The number of hydrogen-bond donors (Lipinski definition) is 5. The van der Waals surface area contributed by atoms with E-state index < -0.39 is 35.5 Å². The number of carbonyl (C=O) groups is 5. The van der Waals surface area contributed by atoms with E-state index in [1.165, 1.54) is 0 Å². The van der Waals surface area contributed by atoms with E-state index in [0.717, 1.165) is 46.5 Å². The first-order valence-corrected chi connectivity index (χ1v) is 21.9. The lowest BCUT2D eigenvalue weighted by Gasteiger charge is -2.36. The van der Waals surface area contributed by atoms with Gasteiger partial charge in [0.15, 0.2) is 0 Å². The van der Waals surface area contributed by atoms with E-state index in [1.54, 1.807) is 29.2 Å². The van der Waals surface area contributed by atoms with Crippen molar-refractivity contribution in [3.8, 4) is 22.5 Å². The summed E-state index contributed by atoms with van der Waals surface area (Å²) in [6, 6.07) is 16.3. The molecule has 2 aliphatic rings. The lowest BCUT2D eigenvalue weighted by atomic mass is 9.81. The van der Waals surface area contributed by atoms with Crippen LogP contribution in [0.4, 0.5) is 34.3 Å². The van der Waals surface area contributed by atoms with Crippen LogP contribution in [0.5, 0.6) is 0 Å². The summed E-state index contributed by atoms with van der Waals surface area (Å²) in [6.07, 6.45) is -0.803. The van der Waals surface area contributed by atoms with Crippen LogP contribution in [0, 0.1) is 18.8 Å². The maximum Gasteiger partial charge on any atom is 0.490 e. The summed E-state index contributed by atoms with van der Waals surface area (Å²) in [4.78, 5) is 70.0. The lowest BCUT2D eigenvalue weighted by molar-refractivity contribution is -0.192. The van der Waals surface area contributed by atoms with E-state index >= 15 is 0 Å². The van der Waals surface area contributed by atoms with Crippen molar-refractivity contribution in [2.45, 2.75) is 104 Å². The zero-order valence-corrected chi connectivity index (χ0v) is 38.7. The number of piperazine rings is 1. The number of pyridine rings is 1. The number of alkyl halides is 3. The number of aromatic nitrogens is 5. The molecule has 362 valence electrons. The van der Waals surface area contributed by atoms with Crippen molar-refractivity contribution in [1.29, 1.82) is 0 Å². The summed E-state index contributed by atoms with van der Waals surface area (Å²) < 4.78 is 42.6. The molecule has 1 atom stereocenters. The van der Waals surface area contributed by atoms with Gasteiger partial charge in [-0.3, -0.25) is 9.59 Å². The third-order valence-electron chi connectivity index (χ3n) is 10.8. The normalized spacial score (nSPS) is 17.0. The molecule has 21 heteroatoms. The van der Waals surface area contributed by atoms with Crippen LogP contribution in [0.3, 0.4) is 0 Å². The smallest absolute Gasteiger partial charge is 0.475 e. The highest BCUT2D eigenvalue weighted by atomic mass is 19.4. The Bertz CT molecular complexity index is 2300. The van der Waals surface area contributed by atoms with Crippen LogP contribution in [0.25, 0.3) is 22.5 Å². The first-order chi connectivity index (χ1) is 31.4. The number of aliphatic carboxylic acids is 1. The van der Waals surface area contributed by atoms with Gasteiger partial charge in [-0.15, -0.1) is 10.2 Å². The Morgan fingerprint density at radius 3 is 1.99 bits per heavy atom. The number of benzene rings is 2. The molecule has 1 saturated heterocycles. The van der Waals surface area contributed by atoms with Gasteiger partial charge in [-0.1, -0.05) is 24.3 Å². The van der Waals surface area contributed by atoms with Crippen LogP contribution < -0.4 is 20.9 Å². The number of H-pyrrole nitrogens is 1. The summed E-state index contributed by atoms with van der Waals surface area (Å²) in [5, 5.41) is 30.1. The van der Waals surface area contributed by atoms with Gasteiger partial charge in [0.25, 0.3) is 0 Å². The van der Waals surface area contributed by atoms with Gasteiger partial charge in [0.05, 0.1) is 0 Å². The first-order valence-electron chi connectivity index (χ1n) is 21.9. The Balaban J connectivity index is 0.00000111. The number of nitrogens with one attached hydrogen (secondary N) is 4. The zero-order chi connectivity index (χ0) is 49.1. The number of nitrogens with zero attached hydrogens (tertiary/aromatic N) is 6. The molecule has 4 amide bonds. The topological polar surface area (TPSA) is 234 Å². The summed E-state index contributed by atoms with van der Waals surface area (Å²) in [7, 11) is 0. The van der Waals surface area contributed by atoms with Gasteiger partial charge in [-0.05, 0) is 132 Å². The molecule has 4 aromatic rings. The summed E-state index contributed by atoms with van der Waals surface area (Å²) >= 11 is 0. The second kappa shape index (κ2) is 22.1. The quantitative estimate of drug-likeness (QED) is 0.103. The van der Waals surface area contributed by atoms with Gasteiger partial charge in [0.1, 0.15) is 23.1 Å². The van der Waals surface area contributed by atoms with Crippen molar-refractivity contribution in [2.75, 3.05) is 42.9 Å². The highest BCUT2D eigenvalue weighted by Gasteiger charge is 2.38. The molecule has 0 unspecified atom stereocenters. The Labute approximate surface area is 386 Å². The molecule has 2 fully saturated rings. The second-order valence-corrected chi connectivity index (χ2v) is 18.5. The Morgan fingerprint density at radius 1 is 0.851 bits per heavy atom. The number of carbonyl (C=O) groups excluding carboxylic acids is 4. The number of aryl methyl sites for hydroxylation is 1. The number of anilines is 2. The van der Waals surface area contributed by atoms with Crippen molar-refractivity contribution < 1.29 is 51.7 Å². The van der Waals surface area contributed by atoms with Crippen molar-refractivity contribution in [3.05, 3.63) is 71.9 Å². The molecule has 2 aromatic carbocycles. The van der Waals surface area contributed by atoms with Crippen LogP contribution in [-0.4, -0.2) is 122 Å². The highest BCUT2D eigenvalue weighted by Crippen LogP contribution is 2.30. The molecule has 1 aliphatic carbocycles. The summed E-state index contributed by atoms with van der Waals surface area (Å²) in [6.45, 7) is 16.1. The van der Waals surface area contributed by atoms with E-state index in [9.17, 15) is 32.3 Å². The molecule has 5 N–H and O–H groups in total. The number of halogens is 3. The van der Waals surface area contributed by atoms with Gasteiger partial charge in [-0.2, -0.15) is 18.4 Å². The fraction of sp³-hybridized carbons (Fsp3) is 0.500. The molecule has 0 bridgehead atoms. The molecule has 67 heavy (non-hydrogen) atoms. The van der Waals surface area contributed by atoms with Gasteiger partial charge < -0.3 is 40.3 Å². The monoisotopic (exact) mass is 936 g/mol. The van der Waals surface area contributed by atoms with Crippen LogP contribution in [0.2, 0.25) is 0 Å². The van der Waals surface area contributed by atoms with Crippen LogP contribution in [0.1, 0.15) is 78.4 Å². The fourth-order valence-corrected chi connectivity index (χ4v) is 7.40. The number of amides is 4. The standard InChI is InChI=1S/C44H58N10O6.C2HF3O2/c1-28-24-37(53-20-22-54(23-21-53)42(58)60-44(5,6)7)45-27-35(28)31-12-8-29(9-13-31)25-36(40(56)47-34-18-16-32(17-19-34)38-49-51-52-50-38)48-39(55)33-14-10-30(11-15-33)26-46-41(57)59-43(2,3)4;3-2(4,5)1(6)7/h8-9,12-13,16-19,24,27,30,33,36H,10-11,14-15,20-23,25-26H2,1-7H3,(H,46,57)(H,47,56)(H,48,55)(H,49,50,51,52);(H,6,7)/t30?,33?,36-;/m0./s1. The maximum absolute atomic E-state index is 13.9. The second-order valence-electron chi connectivity index (χ2n) is 18.5. The van der Waals surface area contributed by atoms with Crippen LogP contribution in [-0.2, 0) is 30.3 Å². The van der Waals surface area contributed by atoms with Crippen molar-refractivity contribution in [1.82, 2.24) is 41.1 Å². The first kappa shape index (κ1) is 51.2. The molecule has 1 aliphatic heterocycles. The minimum Gasteiger partial charge on any atom is -0.475 e. The number of ether oxygens (including phenoxy) is 2. The van der Waals surface area contributed by atoms with Crippen molar-refractivity contribution >= 4 is 41.5 Å². The average Bonchev–Trinajstić information content (AvgIpc) is 3.80. The SMILES string of the molecule is Cc1cc(N2CCN(C(=O)OC(C)(C)C)CC2)ncc1-c1ccc(C[C@H](NC(=O)C2CCC(CNC(=O)OC(C)(C)C)CC2)C(=O)Nc2ccc(-c3nn[nH]n3)cc2)cc1.O=C(O)C(F)(F)F. The molecular formula is C46H59F3N10O8. The summed E-state index contributed by atoms with van der Waals surface area (Å²) in [5.41, 5.74) is 4.11. The molecule has 0 radical (unpaired) electrons.